The van der Waals surface area contributed by atoms with E-state index in [1.165, 1.54) is 12.1 Å². The first-order chi connectivity index (χ1) is 13.3. The summed E-state index contributed by atoms with van der Waals surface area (Å²) in [7, 11) is 0. The molecule has 1 atom stereocenters. The molecule has 0 fully saturated rings. The highest BCUT2D eigenvalue weighted by molar-refractivity contribution is 9.10. The predicted octanol–water partition coefficient (Wildman–Crippen LogP) is 5.82. The van der Waals surface area contributed by atoms with Gasteiger partial charge in [0, 0.05) is 11.6 Å². The highest BCUT2D eigenvalue weighted by atomic mass is 79.9. The lowest BCUT2D eigenvalue weighted by atomic mass is 10.0. The highest BCUT2D eigenvalue weighted by Gasteiger charge is 2.21. The number of nitrogens with one attached hydrogen (secondary N) is 1. The van der Waals surface area contributed by atoms with Crippen LogP contribution in [0.4, 0.5) is 10.4 Å². The minimum atomic E-state index is -0.881. The normalized spacial score (nSPS) is 12.2. The minimum absolute atomic E-state index is 0.0284. The van der Waals surface area contributed by atoms with E-state index in [-0.39, 0.29) is 30.2 Å². The quantitative estimate of drug-likeness (QED) is 0.477. The molecule has 3 rings (SSSR count). The van der Waals surface area contributed by atoms with Crippen LogP contribution >= 0.6 is 15.9 Å². The summed E-state index contributed by atoms with van der Waals surface area (Å²) in [6.45, 7) is 3.88. The van der Waals surface area contributed by atoms with Gasteiger partial charge in [-0.2, -0.15) is 4.98 Å². The molecule has 1 aromatic heterocycles. The third kappa shape index (κ3) is 4.78. The minimum Gasteiger partial charge on any atom is -0.481 e. The largest absolute Gasteiger partial charge is 0.481 e. The average molecular weight is 447 g/mol. The van der Waals surface area contributed by atoms with Crippen LogP contribution in [0, 0.1) is 11.7 Å². The Balaban J connectivity index is 1.80. The number of carbonyl (C=O) groups is 1. The maximum absolute atomic E-state index is 13.1. The average Bonchev–Trinajstić information content (AvgIpc) is 3.02. The van der Waals surface area contributed by atoms with Crippen LogP contribution in [0.2, 0.25) is 0 Å². The van der Waals surface area contributed by atoms with Crippen LogP contribution in [0.15, 0.2) is 57.6 Å². The van der Waals surface area contributed by atoms with Gasteiger partial charge in [-0.05, 0) is 45.1 Å². The zero-order valence-electron chi connectivity index (χ0n) is 15.4. The fourth-order valence-electron chi connectivity index (χ4n) is 2.80. The lowest BCUT2D eigenvalue weighted by Gasteiger charge is -2.19. The summed E-state index contributed by atoms with van der Waals surface area (Å²) in [4.78, 5) is 15.5. The van der Waals surface area contributed by atoms with Crippen molar-refractivity contribution in [1.29, 1.82) is 0 Å². The van der Waals surface area contributed by atoms with Gasteiger partial charge in [0.2, 0.25) is 0 Å². The molecule has 0 spiro atoms. The number of aromatic nitrogens is 1. The molecule has 0 aliphatic heterocycles. The van der Waals surface area contributed by atoms with Gasteiger partial charge >= 0.3 is 5.97 Å². The van der Waals surface area contributed by atoms with E-state index in [0.717, 1.165) is 16.7 Å². The van der Waals surface area contributed by atoms with Crippen molar-refractivity contribution in [2.45, 2.75) is 26.3 Å². The van der Waals surface area contributed by atoms with E-state index in [2.05, 4.69) is 26.2 Å². The fourth-order valence-corrected chi connectivity index (χ4v) is 3.28. The van der Waals surface area contributed by atoms with E-state index < -0.39 is 5.97 Å². The molecule has 0 aliphatic carbocycles. The number of nitrogens with zero attached hydrogens (tertiary/aromatic N) is 1. The second kappa shape index (κ2) is 8.56. The molecule has 2 aromatic carbocycles. The summed E-state index contributed by atoms with van der Waals surface area (Å²) >= 11 is 3.38. The molecule has 0 amide bonds. The summed E-state index contributed by atoms with van der Waals surface area (Å²) in [5, 5.41) is 12.1. The summed E-state index contributed by atoms with van der Waals surface area (Å²) in [5.41, 5.74) is 3.34. The number of anilines is 1. The number of rotatable bonds is 7. The van der Waals surface area contributed by atoms with Gasteiger partial charge in [-0.3, -0.25) is 4.79 Å². The molecule has 0 unspecified atom stereocenters. The number of carboxylic acid groups (broad SMARTS) is 1. The molecule has 0 bridgehead atoms. The van der Waals surface area contributed by atoms with Gasteiger partial charge in [-0.25, -0.2) is 4.39 Å². The third-order valence-electron chi connectivity index (χ3n) is 4.43. The molecule has 28 heavy (non-hydrogen) atoms. The Morgan fingerprint density at radius 3 is 2.18 bits per heavy atom. The number of carboxylic acids is 1. The summed E-state index contributed by atoms with van der Waals surface area (Å²) in [6, 6.07) is 14.0. The van der Waals surface area contributed by atoms with Crippen molar-refractivity contribution in [2.24, 2.45) is 5.92 Å². The Hall–Kier alpha value is -2.67. The Labute approximate surface area is 170 Å². The first kappa shape index (κ1) is 20.1. The molecule has 3 aromatic rings. The van der Waals surface area contributed by atoms with Crippen molar-refractivity contribution < 1.29 is 18.7 Å². The first-order valence-electron chi connectivity index (χ1n) is 8.84. The molecule has 7 heteroatoms. The fraction of sp³-hybridized carbons (Fsp3) is 0.238. The van der Waals surface area contributed by atoms with Gasteiger partial charge in [0.15, 0.2) is 4.67 Å². The highest BCUT2D eigenvalue weighted by Crippen LogP contribution is 2.32. The molecule has 2 N–H and O–H groups in total. The maximum Gasteiger partial charge on any atom is 0.305 e. The topological polar surface area (TPSA) is 75.4 Å². The zero-order chi connectivity index (χ0) is 20.3. The second-order valence-corrected chi connectivity index (χ2v) is 7.54. The first-order valence-corrected chi connectivity index (χ1v) is 9.64. The molecule has 5 nitrogen and oxygen atoms in total. The lowest BCUT2D eigenvalue weighted by Crippen LogP contribution is -2.28. The van der Waals surface area contributed by atoms with Gasteiger partial charge in [-0.1, -0.05) is 50.2 Å². The Morgan fingerprint density at radius 2 is 1.64 bits per heavy atom. The molecule has 0 saturated heterocycles. The monoisotopic (exact) mass is 446 g/mol. The number of halogens is 2. The molecule has 146 valence electrons. The SMILES string of the molecule is CC(C)[C@@H](CC(=O)O)Nc1nc(-c2ccc(-c3ccc(F)cc3)cc2)c(Br)o1. The van der Waals surface area contributed by atoms with E-state index in [1.54, 1.807) is 12.1 Å². The number of hydrogen-bond donors (Lipinski definition) is 2. The van der Waals surface area contributed by atoms with Crippen LogP contribution in [0.1, 0.15) is 20.3 Å². The smallest absolute Gasteiger partial charge is 0.305 e. The van der Waals surface area contributed by atoms with Crippen LogP contribution in [0.25, 0.3) is 22.4 Å². The number of aliphatic carboxylic acids is 1. The van der Waals surface area contributed by atoms with Crippen LogP contribution in [0.5, 0.6) is 0 Å². The van der Waals surface area contributed by atoms with Crippen LogP contribution < -0.4 is 5.32 Å². The number of benzene rings is 2. The van der Waals surface area contributed by atoms with Gasteiger partial charge in [-0.15, -0.1) is 0 Å². The maximum atomic E-state index is 13.1. The van der Waals surface area contributed by atoms with E-state index in [9.17, 15) is 9.18 Å². The van der Waals surface area contributed by atoms with Gasteiger partial charge in [0.25, 0.3) is 6.01 Å². The zero-order valence-corrected chi connectivity index (χ0v) is 17.0. The summed E-state index contributed by atoms with van der Waals surface area (Å²) in [6.07, 6.45) is -0.0284. The predicted molar refractivity (Wildman–Crippen MR) is 110 cm³/mol. The standard InChI is InChI=1S/C21H20BrFN2O3/c1-12(2)17(11-18(26)27)24-21-25-19(20(22)28-21)15-5-3-13(4-6-15)14-7-9-16(23)10-8-14/h3-10,12,17H,11H2,1-2H3,(H,24,25)(H,26,27)/t17-/m1/s1. The lowest BCUT2D eigenvalue weighted by molar-refractivity contribution is -0.137. The van der Waals surface area contributed by atoms with Crippen LogP contribution in [-0.4, -0.2) is 22.1 Å². The number of oxazole rings is 1. The second-order valence-electron chi connectivity index (χ2n) is 6.82. The van der Waals surface area contributed by atoms with Crippen LogP contribution in [0.3, 0.4) is 0 Å². The molecule has 0 radical (unpaired) electrons. The van der Waals surface area contributed by atoms with Crippen molar-refractivity contribution in [3.8, 4) is 22.4 Å². The Kier molecular flexibility index (Phi) is 6.14. The van der Waals surface area contributed by atoms with Crippen molar-refractivity contribution in [1.82, 2.24) is 4.98 Å². The van der Waals surface area contributed by atoms with E-state index in [1.807, 2.05) is 38.1 Å². The molecule has 1 heterocycles. The van der Waals surface area contributed by atoms with Gasteiger partial charge in [0.1, 0.15) is 11.5 Å². The van der Waals surface area contributed by atoms with Gasteiger partial charge in [0.05, 0.1) is 6.42 Å². The molecular formula is C21H20BrFN2O3. The van der Waals surface area contributed by atoms with Gasteiger partial charge < -0.3 is 14.8 Å². The van der Waals surface area contributed by atoms with Crippen molar-refractivity contribution in [3.63, 3.8) is 0 Å². The van der Waals surface area contributed by atoms with Crippen molar-refractivity contribution in [3.05, 3.63) is 59.0 Å². The third-order valence-corrected chi connectivity index (χ3v) is 4.97. The molecule has 0 saturated carbocycles. The molecular weight excluding hydrogens is 427 g/mol. The van der Waals surface area contributed by atoms with Crippen molar-refractivity contribution >= 4 is 27.9 Å². The summed E-state index contributed by atoms with van der Waals surface area (Å²) in [5.74, 6) is -1.05. The van der Waals surface area contributed by atoms with E-state index >= 15 is 0 Å². The van der Waals surface area contributed by atoms with Crippen molar-refractivity contribution in [2.75, 3.05) is 5.32 Å². The number of hydrogen-bond acceptors (Lipinski definition) is 4. The Morgan fingerprint density at radius 1 is 1.11 bits per heavy atom. The van der Waals surface area contributed by atoms with E-state index in [4.69, 9.17) is 9.52 Å². The summed E-state index contributed by atoms with van der Waals surface area (Å²) < 4.78 is 19.2. The van der Waals surface area contributed by atoms with Crippen LogP contribution in [-0.2, 0) is 4.79 Å². The Bertz CT molecular complexity index is 953. The molecule has 0 aliphatic rings. The van der Waals surface area contributed by atoms with E-state index in [0.29, 0.717) is 10.4 Å².